The van der Waals surface area contributed by atoms with Gasteiger partial charge >= 0.3 is 0 Å². The van der Waals surface area contributed by atoms with Crippen LogP contribution in [0.3, 0.4) is 0 Å². The maximum Gasteiger partial charge on any atom is 0.232 e. The van der Waals surface area contributed by atoms with Gasteiger partial charge in [0.25, 0.3) is 0 Å². The minimum absolute atomic E-state index is 0.268. The summed E-state index contributed by atoms with van der Waals surface area (Å²) in [5.41, 5.74) is 5.90. The molecule has 1 aromatic heterocycles. The smallest absolute Gasteiger partial charge is 0.232 e. The van der Waals surface area contributed by atoms with Crippen LogP contribution in [0.25, 0.3) is 0 Å². The van der Waals surface area contributed by atoms with Crippen molar-refractivity contribution in [3.63, 3.8) is 0 Å². The number of nitrogens with zero attached hydrogens (tertiary/aromatic N) is 4. The van der Waals surface area contributed by atoms with Crippen molar-refractivity contribution in [3.05, 3.63) is 35.6 Å². The van der Waals surface area contributed by atoms with Gasteiger partial charge in [0.2, 0.25) is 17.8 Å². The maximum absolute atomic E-state index is 13.9. The zero-order valence-corrected chi connectivity index (χ0v) is 17.6. The second-order valence-electron chi connectivity index (χ2n) is 6.77. The van der Waals surface area contributed by atoms with Crippen molar-refractivity contribution >= 4 is 17.8 Å². The number of halogens is 1. The molecule has 0 bridgehead atoms. The Bertz CT molecular complexity index is 793. The van der Waals surface area contributed by atoms with Crippen LogP contribution in [0.1, 0.15) is 5.56 Å². The Kier molecular flexibility index (Phi) is 9.64. The third-order valence-electron chi connectivity index (χ3n) is 4.48. The van der Waals surface area contributed by atoms with Gasteiger partial charge in [-0.25, -0.2) is 4.39 Å². The first-order chi connectivity index (χ1) is 15.3. The number of anilines is 3. The number of morpholine rings is 1. The van der Waals surface area contributed by atoms with Gasteiger partial charge < -0.3 is 35.5 Å². The van der Waals surface area contributed by atoms with Crippen molar-refractivity contribution in [2.75, 3.05) is 81.4 Å². The SMILES string of the molecule is NCCOCCOCCNc1nc(NCc2ccccc2F)nc(N2CCOCC2)n1. The fraction of sp³-hybridized carbons (Fsp3) is 0.550. The Labute approximate surface area is 181 Å². The Morgan fingerprint density at radius 3 is 2.42 bits per heavy atom. The predicted octanol–water partition coefficient (Wildman–Crippen LogP) is 0.863. The summed E-state index contributed by atoms with van der Waals surface area (Å²) >= 11 is 0. The zero-order valence-electron chi connectivity index (χ0n) is 17.6. The highest BCUT2D eigenvalue weighted by molar-refractivity contribution is 5.44. The molecule has 10 nitrogen and oxygen atoms in total. The van der Waals surface area contributed by atoms with E-state index in [9.17, 15) is 4.39 Å². The van der Waals surface area contributed by atoms with Crippen LogP contribution in [-0.2, 0) is 20.8 Å². The second-order valence-corrected chi connectivity index (χ2v) is 6.77. The number of aromatic nitrogens is 3. The molecule has 31 heavy (non-hydrogen) atoms. The van der Waals surface area contributed by atoms with E-state index in [-0.39, 0.29) is 12.4 Å². The fourth-order valence-corrected chi connectivity index (χ4v) is 2.88. The molecule has 1 fully saturated rings. The third-order valence-corrected chi connectivity index (χ3v) is 4.48. The van der Waals surface area contributed by atoms with E-state index in [1.165, 1.54) is 6.07 Å². The van der Waals surface area contributed by atoms with Crippen LogP contribution in [0.15, 0.2) is 24.3 Å². The molecule has 4 N–H and O–H groups in total. The molecule has 11 heteroatoms. The first-order valence-electron chi connectivity index (χ1n) is 10.4. The average Bonchev–Trinajstić information content (AvgIpc) is 2.81. The number of hydrogen-bond acceptors (Lipinski definition) is 10. The average molecular weight is 436 g/mol. The molecule has 3 rings (SSSR count). The molecular weight excluding hydrogens is 405 g/mol. The summed E-state index contributed by atoms with van der Waals surface area (Å²) < 4.78 is 30.1. The highest BCUT2D eigenvalue weighted by Gasteiger charge is 2.16. The van der Waals surface area contributed by atoms with Crippen molar-refractivity contribution in [2.45, 2.75) is 6.54 Å². The summed E-state index contributed by atoms with van der Waals surface area (Å²) in [4.78, 5) is 15.5. The Morgan fingerprint density at radius 1 is 0.968 bits per heavy atom. The normalized spacial score (nSPS) is 13.9. The van der Waals surface area contributed by atoms with E-state index >= 15 is 0 Å². The molecule has 2 aromatic rings. The van der Waals surface area contributed by atoms with Crippen LogP contribution in [0, 0.1) is 5.82 Å². The quantitative estimate of drug-likeness (QED) is 0.391. The summed E-state index contributed by atoms with van der Waals surface area (Å²) in [6.45, 7) is 5.92. The molecule has 170 valence electrons. The van der Waals surface area contributed by atoms with Crippen LogP contribution >= 0.6 is 0 Å². The lowest BCUT2D eigenvalue weighted by Crippen LogP contribution is -2.37. The highest BCUT2D eigenvalue weighted by Crippen LogP contribution is 2.16. The van der Waals surface area contributed by atoms with Gasteiger partial charge in [0.1, 0.15) is 5.82 Å². The standard InChI is InChI=1S/C20H30FN7O3/c21-17-4-2-1-3-16(17)15-24-19-25-18(23-6-10-30-14-13-29-9-5-22)26-20(27-19)28-7-11-31-12-8-28/h1-4H,5-15,22H2,(H2,23,24,25,26,27). The monoisotopic (exact) mass is 435 g/mol. The van der Waals surface area contributed by atoms with Crippen LogP contribution < -0.4 is 21.3 Å². The van der Waals surface area contributed by atoms with Gasteiger partial charge in [-0.15, -0.1) is 0 Å². The van der Waals surface area contributed by atoms with Gasteiger partial charge in [-0.3, -0.25) is 0 Å². The first kappa shape index (κ1) is 23.1. The lowest BCUT2D eigenvalue weighted by atomic mass is 10.2. The van der Waals surface area contributed by atoms with Crippen molar-refractivity contribution in [1.82, 2.24) is 15.0 Å². The van der Waals surface area contributed by atoms with Crippen LogP contribution in [-0.4, -0.2) is 80.8 Å². The Balaban J connectivity index is 1.58. The van der Waals surface area contributed by atoms with E-state index in [0.29, 0.717) is 89.2 Å². The van der Waals surface area contributed by atoms with Crippen molar-refractivity contribution in [1.29, 1.82) is 0 Å². The number of benzene rings is 1. The summed E-state index contributed by atoms with van der Waals surface area (Å²) in [5.74, 6) is 1.07. The third kappa shape index (κ3) is 7.87. The minimum atomic E-state index is -0.275. The zero-order chi connectivity index (χ0) is 21.7. The predicted molar refractivity (Wildman–Crippen MR) is 116 cm³/mol. The van der Waals surface area contributed by atoms with Gasteiger partial charge in [0, 0.05) is 38.3 Å². The number of ether oxygens (including phenoxy) is 3. The number of rotatable bonds is 13. The van der Waals surface area contributed by atoms with Crippen LogP contribution in [0.2, 0.25) is 0 Å². The van der Waals surface area contributed by atoms with Crippen molar-refractivity contribution in [3.8, 4) is 0 Å². The van der Waals surface area contributed by atoms with Gasteiger partial charge in [-0.05, 0) is 6.07 Å². The molecule has 0 atom stereocenters. The minimum Gasteiger partial charge on any atom is -0.378 e. The maximum atomic E-state index is 13.9. The molecule has 0 spiro atoms. The second kappa shape index (κ2) is 13.0. The molecule has 1 aliphatic rings. The number of hydrogen-bond donors (Lipinski definition) is 3. The number of nitrogens with two attached hydrogens (primary N) is 1. The summed E-state index contributed by atoms with van der Waals surface area (Å²) in [7, 11) is 0. The van der Waals surface area contributed by atoms with Gasteiger partial charge in [-0.2, -0.15) is 15.0 Å². The van der Waals surface area contributed by atoms with E-state index in [1.807, 2.05) is 4.90 Å². The summed E-state index contributed by atoms with van der Waals surface area (Å²) in [5, 5.41) is 6.25. The van der Waals surface area contributed by atoms with E-state index in [4.69, 9.17) is 19.9 Å². The lowest BCUT2D eigenvalue weighted by molar-refractivity contribution is 0.0547. The molecule has 0 radical (unpaired) electrons. The number of nitrogens with one attached hydrogen (secondary N) is 2. The van der Waals surface area contributed by atoms with E-state index in [2.05, 4.69) is 25.6 Å². The largest absolute Gasteiger partial charge is 0.378 e. The van der Waals surface area contributed by atoms with Crippen LogP contribution in [0.4, 0.5) is 22.2 Å². The summed E-state index contributed by atoms with van der Waals surface area (Å²) in [6.07, 6.45) is 0. The van der Waals surface area contributed by atoms with Crippen molar-refractivity contribution < 1.29 is 18.6 Å². The van der Waals surface area contributed by atoms with Gasteiger partial charge in [0.15, 0.2) is 0 Å². The molecule has 0 saturated carbocycles. The molecule has 0 aliphatic carbocycles. The molecule has 0 amide bonds. The molecule has 1 aromatic carbocycles. The molecule has 0 unspecified atom stereocenters. The molecular formula is C20H30FN7O3. The Hall–Kier alpha value is -2.60. The van der Waals surface area contributed by atoms with Gasteiger partial charge in [0.05, 0.1) is 39.6 Å². The molecule has 1 aliphatic heterocycles. The van der Waals surface area contributed by atoms with E-state index in [0.717, 1.165) is 0 Å². The molecule has 1 saturated heterocycles. The van der Waals surface area contributed by atoms with E-state index in [1.54, 1.807) is 18.2 Å². The topological polar surface area (TPSA) is 120 Å². The molecule has 2 heterocycles. The van der Waals surface area contributed by atoms with Crippen molar-refractivity contribution in [2.24, 2.45) is 5.73 Å². The summed E-state index contributed by atoms with van der Waals surface area (Å²) in [6, 6.07) is 6.60. The van der Waals surface area contributed by atoms with E-state index < -0.39 is 0 Å². The van der Waals surface area contributed by atoms with Crippen LogP contribution in [0.5, 0.6) is 0 Å². The Morgan fingerprint density at radius 2 is 1.68 bits per heavy atom. The van der Waals surface area contributed by atoms with Gasteiger partial charge in [-0.1, -0.05) is 18.2 Å². The fourth-order valence-electron chi connectivity index (χ4n) is 2.88. The first-order valence-corrected chi connectivity index (χ1v) is 10.4. The lowest BCUT2D eigenvalue weighted by Gasteiger charge is -2.27. The highest BCUT2D eigenvalue weighted by atomic mass is 19.1.